The van der Waals surface area contributed by atoms with Crippen molar-refractivity contribution in [2.45, 2.75) is 31.4 Å². The Morgan fingerprint density at radius 3 is 2.37 bits per heavy atom. The molecule has 1 aliphatic carbocycles. The van der Waals surface area contributed by atoms with E-state index in [4.69, 9.17) is 20.4 Å². The predicted octanol–water partition coefficient (Wildman–Crippen LogP) is 4.05. The van der Waals surface area contributed by atoms with E-state index in [9.17, 15) is 13.2 Å². The second-order valence-corrected chi connectivity index (χ2v) is 7.45. The first kappa shape index (κ1) is 25.6. The molecule has 0 spiro atoms. The molecule has 1 aliphatic rings. The first-order chi connectivity index (χ1) is 16.7. The van der Waals surface area contributed by atoms with Crippen LogP contribution in [0.15, 0.2) is 43.0 Å². The van der Waals surface area contributed by atoms with Crippen molar-refractivity contribution in [3.8, 4) is 17.0 Å². The van der Waals surface area contributed by atoms with Crippen LogP contribution in [-0.4, -0.2) is 50.3 Å². The number of hydrogen-bond acceptors (Lipinski definition) is 8. The maximum Gasteiger partial charge on any atom is 0.490 e. The van der Waals surface area contributed by atoms with Crippen molar-refractivity contribution < 1.29 is 32.2 Å². The third kappa shape index (κ3) is 6.98. The molecule has 0 radical (unpaired) electrons. The van der Waals surface area contributed by atoms with Crippen molar-refractivity contribution in [1.82, 2.24) is 19.9 Å². The summed E-state index contributed by atoms with van der Waals surface area (Å²) in [7, 11) is 0. The number of anilines is 2. The van der Waals surface area contributed by atoms with E-state index in [1.807, 2.05) is 6.07 Å². The fraction of sp³-hybridized carbons (Fsp3) is 0.318. The van der Waals surface area contributed by atoms with Crippen LogP contribution >= 0.6 is 0 Å². The molecule has 0 bridgehead atoms. The van der Waals surface area contributed by atoms with Gasteiger partial charge in [0.05, 0.1) is 24.6 Å². The van der Waals surface area contributed by atoms with Crippen molar-refractivity contribution in [2.75, 3.05) is 24.2 Å². The van der Waals surface area contributed by atoms with Gasteiger partial charge in [0, 0.05) is 23.5 Å². The highest BCUT2D eigenvalue weighted by Crippen LogP contribution is 2.43. The summed E-state index contributed by atoms with van der Waals surface area (Å²) in [5.41, 5.74) is 7.27. The molecular formula is C22H22F4N6O3. The summed E-state index contributed by atoms with van der Waals surface area (Å²) < 4.78 is 52.9. The lowest BCUT2D eigenvalue weighted by Crippen LogP contribution is -2.21. The molecular weight excluding hydrogens is 472 g/mol. The van der Waals surface area contributed by atoms with Crippen LogP contribution in [0.2, 0.25) is 0 Å². The SMILES string of the molecule is Nc1cnc(-c2ccc(C3CCC3)c(OCCNc3ncccn3)c2F)cn1.O=C(O)C(F)(F)F. The highest BCUT2D eigenvalue weighted by molar-refractivity contribution is 5.73. The molecule has 2 aromatic heterocycles. The fourth-order valence-corrected chi connectivity index (χ4v) is 3.14. The highest BCUT2D eigenvalue weighted by atomic mass is 19.4. The number of hydrogen-bond donors (Lipinski definition) is 3. The second-order valence-electron chi connectivity index (χ2n) is 7.45. The van der Waals surface area contributed by atoms with E-state index >= 15 is 4.39 Å². The maximum absolute atomic E-state index is 15.3. The number of nitrogens with two attached hydrogens (primary N) is 1. The Morgan fingerprint density at radius 2 is 1.83 bits per heavy atom. The van der Waals surface area contributed by atoms with E-state index in [0.29, 0.717) is 35.5 Å². The van der Waals surface area contributed by atoms with Crippen LogP contribution in [0.5, 0.6) is 5.75 Å². The van der Waals surface area contributed by atoms with Crippen LogP contribution in [0.25, 0.3) is 11.3 Å². The number of rotatable bonds is 7. The van der Waals surface area contributed by atoms with E-state index in [-0.39, 0.29) is 12.4 Å². The molecule has 1 fully saturated rings. The monoisotopic (exact) mass is 494 g/mol. The molecule has 2 heterocycles. The van der Waals surface area contributed by atoms with Crippen LogP contribution in [0.1, 0.15) is 30.7 Å². The van der Waals surface area contributed by atoms with E-state index in [2.05, 4.69) is 25.3 Å². The minimum Gasteiger partial charge on any atom is -0.488 e. The topological polar surface area (TPSA) is 136 Å². The summed E-state index contributed by atoms with van der Waals surface area (Å²) in [6.45, 7) is 0.741. The van der Waals surface area contributed by atoms with Gasteiger partial charge in [-0.05, 0) is 30.9 Å². The van der Waals surface area contributed by atoms with Crippen molar-refractivity contribution in [3.63, 3.8) is 0 Å². The van der Waals surface area contributed by atoms with Gasteiger partial charge in [0.2, 0.25) is 5.95 Å². The average molecular weight is 494 g/mol. The fourth-order valence-electron chi connectivity index (χ4n) is 3.14. The van der Waals surface area contributed by atoms with Gasteiger partial charge in [-0.2, -0.15) is 13.2 Å². The molecule has 4 rings (SSSR count). The van der Waals surface area contributed by atoms with Crippen LogP contribution in [0, 0.1) is 5.82 Å². The molecule has 35 heavy (non-hydrogen) atoms. The van der Waals surface area contributed by atoms with E-state index in [1.165, 1.54) is 12.4 Å². The minimum atomic E-state index is -5.08. The number of nitrogens with one attached hydrogen (secondary N) is 1. The van der Waals surface area contributed by atoms with E-state index < -0.39 is 18.0 Å². The number of alkyl halides is 3. The summed E-state index contributed by atoms with van der Waals surface area (Å²) in [6, 6.07) is 5.42. The zero-order valence-corrected chi connectivity index (χ0v) is 18.3. The summed E-state index contributed by atoms with van der Waals surface area (Å²) in [5.74, 6) is -1.75. The van der Waals surface area contributed by atoms with Gasteiger partial charge in [0.1, 0.15) is 12.4 Å². The Labute approximate surface area is 197 Å². The lowest BCUT2D eigenvalue weighted by molar-refractivity contribution is -0.192. The first-order valence-electron chi connectivity index (χ1n) is 10.5. The molecule has 3 aromatic rings. The molecule has 0 aliphatic heterocycles. The van der Waals surface area contributed by atoms with Gasteiger partial charge in [-0.25, -0.2) is 24.1 Å². The second kappa shape index (κ2) is 11.4. The van der Waals surface area contributed by atoms with Crippen molar-refractivity contribution in [1.29, 1.82) is 0 Å². The number of aromatic nitrogens is 4. The number of halogens is 4. The Bertz CT molecular complexity index is 1130. The van der Waals surface area contributed by atoms with Crippen LogP contribution < -0.4 is 15.8 Å². The van der Waals surface area contributed by atoms with Crippen molar-refractivity contribution in [3.05, 3.63) is 54.4 Å². The summed E-state index contributed by atoms with van der Waals surface area (Å²) >= 11 is 0. The van der Waals surface area contributed by atoms with Crippen molar-refractivity contribution in [2.24, 2.45) is 0 Å². The minimum absolute atomic E-state index is 0.283. The van der Waals surface area contributed by atoms with Gasteiger partial charge in [0.25, 0.3) is 0 Å². The number of carbonyl (C=O) groups is 1. The van der Waals surface area contributed by atoms with Crippen LogP contribution in [0.3, 0.4) is 0 Å². The third-order valence-electron chi connectivity index (χ3n) is 5.06. The van der Waals surface area contributed by atoms with Crippen molar-refractivity contribution >= 4 is 17.7 Å². The number of ether oxygens (including phenoxy) is 1. The number of benzene rings is 1. The number of carboxylic acids is 1. The lowest BCUT2D eigenvalue weighted by atomic mass is 9.79. The van der Waals surface area contributed by atoms with Gasteiger partial charge in [-0.1, -0.05) is 12.5 Å². The van der Waals surface area contributed by atoms with Gasteiger partial charge in [-0.3, -0.25) is 4.98 Å². The van der Waals surface area contributed by atoms with Crippen LogP contribution in [-0.2, 0) is 4.79 Å². The molecule has 4 N–H and O–H groups in total. The number of nitrogens with zero attached hydrogens (tertiary/aromatic N) is 4. The Hall–Kier alpha value is -4.03. The normalized spacial score (nSPS) is 13.3. The number of nitrogen functional groups attached to an aromatic ring is 1. The molecule has 0 unspecified atom stereocenters. The molecule has 186 valence electrons. The van der Waals surface area contributed by atoms with Gasteiger partial charge in [0.15, 0.2) is 11.6 Å². The predicted molar refractivity (Wildman–Crippen MR) is 118 cm³/mol. The summed E-state index contributed by atoms with van der Waals surface area (Å²) in [4.78, 5) is 25.3. The quantitative estimate of drug-likeness (QED) is 0.328. The van der Waals surface area contributed by atoms with Gasteiger partial charge < -0.3 is 20.9 Å². The van der Waals surface area contributed by atoms with Gasteiger partial charge in [-0.15, -0.1) is 0 Å². The number of carboxylic acid groups (broad SMARTS) is 1. The smallest absolute Gasteiger partial charge is 0.488 e. The first-order valence-corrected chi connectivity index (χ1v) is 10.5. The highest BCUT2D eigenvalue weighted by Gasteiger charge is 2.38. The molecule has 0 amide bonds. The van der Waals surface area contributed by atoms with Gasteiger partial charge >= 0.3 is 12.1 Å². The molecule has 13 heteroatoms. The average Bonchev–Trinajstić information content (AvgIpc) is 2.78. The molecule has 0 saturated heterocycles. The largest absolute Gasteiger partial charge is 0.490 e. The Kier molecular flexibility index (Phi) is 8.34. The lowest BCUT2D eigenvalue weighted by Gasteiger charge is -2.28. The maximum atomic E-state index is 15.3. The van der Waals surface area contributed by atoms with E-state index in [1.54, 1.807) is 24.5 Å². The standard InChI is InChI=1S/C20H21FN6O.C2HF3O2/c21-18-15(16-11-27-17(22)12-26-16)6-5-14(13-3-1-4-13)19(18)28-10-9-25-20-23-7-2-8-24-20;3-2(4,5)1(6)7/h2,5-8,11-13H,1,3-4,9-10H2,(H2,22,27)(H,23,24,25);(H,6,7). The molecule has 9 nitrogen and oxygen atoms in total. The van der Waals surface area contributed by atoms with E-state index in [0.717, 1.165) is 24.8 Å². The Morgan fingerprint density at radius 1 is 1.14 bits per heavy atom. The zero-order chi connectivity index (χ0) is 25.4. The molecule has 0 atom stereocenters. The molecule has 1 aromatic carbocycles. The molecule has 1 saturated carbocycles. The Balaban J connectivity index is 0.000000429. The summed E-state index contributed by atoms with van der Waals surface area (Å²) in [5, 5.41) is 10.2. The third-order valence-corrected chi connectivity index (χ3v) is 5.06. The zero-order valence-electron chi connectivity index (χ0n) is 18.3. The van der Waals surface area contributed by atoms with Crippen LogP contribution in [0.4, 0.5) is 29.3 Å². The summed E-state index contributed by atoms with van der Waals surface area (Å²) in [6.07, 6.45) is 4.36. The number of aliphatic carboxylic acids is 1.